The number of anilines is 2. The summed E-state index contributed by atoms with van der Waals surface area (Å²) in [4.78, 5) is 1.89. The van der Waals surface area contributed by atoms with Gasteiger partial charge in [0, 0.05) is 42.6 Å². The number of alkyl halides is 2. The van der Waals surface area contributed by atoms with E-state index in [1.807, 2.05) is 4.90 Å². The van der Waals surface area contributed by atoms with E-state index in [2.05, 4.69) is 0 Å². The quantitative estimate of drug-likeness (QED) is 0.797. The van der Waals surface area contributed by atoms with Crippen LogP contribution < -0.4 is 10.6 Å². The van der Waals surface area contributed by atoms with Crippen LogP contribution in [0.4, 0.5) is 20.2 Å². The van der Waals surface area contributed by atoms with E-state index >= 15 is 0 Å². The van der Waals surface area contributed by atoms with Crippen LogP contribution in [0.15, 0.2) is 18.2 Å². The van der Waals surface area contributed by atoms with E-state index in [-0.39, 0.29) is 18.1 Å². The maximum atomic E-state index is 12.9. The summed E-state index contributed by atoms with van der Waals surface area (Å²) in [6.45, 7) is 1.44. The number of benzene rings is 1. The Morgan fingerprint density at radius 1 is 1.47 bits per heavy atom. The Labute approximate surface area is 98.8 Å². The lowest BCUT2D eigenvalue weighted by Crippen LogP contribution is -2.22. The van der Waals surface area contributed by atoms with Crippen LogP contribution in [0.5, 0.6) is 0 Å². The minimum atomic E-state index is -2.53. The predicted molar refractivity (Wildman–Crippen MR) is 63.2 cm³/mol. The van der Waals surface area contributed by atoms with Crippen molar-refractivity contribution in [1.82, 2.24) is 0 Å². The normalized spacial score (nSPS) is 20.2. The van der Waals surface area contributed by atoms with Crippen LogP contribution in [-0.2, 0) is 0 Å². The SMILES string of the molecule is Nc1ccc(N2CCC(CO)C2)c(C(F)F)c1. The predicted octanol–water partition coefficient (Wildman–Crippen LogP) is 2.02. The molecule has 1 atom stereocenters. The Hall–Kier alpha value is -1.36. The highest BCUT2D eigenvalue weighted by molar-refractivity contribution is 5.60. The fourth-order valence-electron chi connectivity index (χ4n) is 2.24. The van der Waals surface area contributed by atoms with E-state index in [1.165, 1.54) is 6.07 Å². The van der Waals surface area contributed by atoms with E-state index in [9.17, 15) is 8.78 Å². The van der Waals surface area contributed by atoms with Gasteiger partial charge in [0.15, 0.2) is 0 Å². The first-order valence-corrected chi connectivity index (χ1v) is 5.65. The Morgan fingerprint density at radius 3 is 2.82 bits per heavy atom. The molecule has 0 aliphatic carbocycles. The van der Waals surface area contributed by atoms with Crippen LogP contribution in [0.3, 0.4) is 0 Å². The Kier molecular flexibility index (Phi) is 3.47. The molecule has 17 heavy (non-hydrogen) atoms. The molecule has 1 aliphatic rings. The molecule has 3 nitrogen and oxygen atoms in total. The zero-order valence-corrected chi connectivity index (χ0v) is 9.44. The van der Waals surface area contributed by atoms with Crippen LogP contribution in [-0.4, -0.2) is 24.8 Å². The van der Waals surface area contributed by atoms with Gasteiger partial charge in [0.2, 0.25) is 0 Å². The summed E-state index contributed by atoms with van der Waals surface area (Å²) in [6, 6.07) is 4.59. The van der Waals surface area contributed by atoms with E-state index in [0.717, 1.165) is 6.42 Å². The van der Waals surface area contributed by atoms with Crippen molar-refractivity contribution in [3.05, 3.63) is 23.8 Å². The molecule has 1 heterocycles. The fourth-order valence-corrected chi connectivity index (χ4v) is 2.24. The second kappa shape index (κ2) is 4.87. The van der Waals surface area contributed by atoms with Gasteiger partial charge >= 0.3 is 0 Å². The van der Waals surface area contributed by atoms with Gasteiger partial charge < -0.3 is 15.7 Å². The van der Waals surface area contributed by atoms with Gasteiger partial charge in [0.05, 0.1) is 0 Å². The summed E-state index contributed by atoms with van der Waals surface area (Å²) in [5.41, 5.74) is 6.38. The summed E-state index contributed by atoms with van der Waals surface area (Å²) in [5, 5.41) is 9.06. The van der Waals surface area contributed by atoms with E-state index < -0.39 is 6.43 Å². The number of rotatable bonds is 3. The topological polar surface area (TPSA) is 49.5 Å². The van der Waals surface area contributed by atoms with Crippen molar-refractivity contribution in [3.8, 4) is 0 Å². The molecule has 1 aromatic carbocycles. The Bertz CT molecular complexity index is 398. The molecular formula is C12H16F2N2O. The zero-order valence-electron chi connectivity index (χ0n) is 9.44. The highest BCUT2D eigenvalue weighted by atomic mass is 19.3. The molecule has 1 saturated heterocycles. The third-order valence-electron chi connectivity index (χ3n) is 3.17. The number of aliphatic hydroxyl groups is 1. The molecule has 3 N–H and O–H groups in total. The van der Waals surface area contributed by atoms with Crippen LogP contribution in [0, 0.1) is 5.92 Å². The number of hydrogen-bond donors (Lipinski definition) is 2. The van der Waals surface area contributed by atoms with Gasteiger partial charge in [0.25, 0.3) is 6.43 Å². The molecule has 0 amide bonds. The van der Waals surface area contributed by atoms with Gasteiger partial charge in [-0.2, -0.15) is 0 Å². The molecule has 1 aromatic rings. The van der Waals surface area contributed by atoms with Crippen molar-refractivity contribution in [2.24, 2.45) is 5.92 Å². The molecule has 0 spiro atoms. The number of halogens is 2. The van der Waals surface area contributed by atoms with Gasteiger partial charge in [-0.1, -0.05) is 0 Å². The summed E-state index contributed by atoms with van der Waals surface area (Å²) in [6.07, 6.45) is -1.69. The average molecular weight is 242 g/mol. The van der Waals surface area contributed by atoms with Crippen LogP contribution in [0.25, 0.3) is 0 Å². The first kappa shape index (κ1) is 12.1. The highest BCUT2D eigenvalue weighted by Gasteiger charge is 2.25. The lowest BCUT2D eigenvalue weighted by molar-refractivity contribution is 0.152. The maximum absolute atomic E-state index is 12.9. The van der Waals surface area contributed by atoms with Gasteiger partial charge in [-0.25, -0.2) is 8.78 Å². The summed E-state index contributed by atoms with van der Waals surface area (Å²) < 4.78 is 25.8. The molecule has 5 heteroatoms. The molecule has 94 valence electrons. The molecule has 0 bridgehead atoms. The smallest absolute Gasteiger partial charge is 0.265 e. The largest absolute Gasteiger partial charge is 0.399 e. The Morgan fingerprint density at radius 2 is 2.24 bits per heavy atom. The average Bonchev–Trinajstić information content (AvgIpc) is 2.77. The minimum Gasteiger partial charge on any atom is -0.399 e. The summed E-state index contributed by atoms with van der Waals surface area (Å²) in [7, 11) is 0. The van der Waals surface area contributed by atoms with Crippen molar-refractivity contribution in [1.29, 1.82) is 0 Å². The standard InChI is InChI=1S/C12H16F2N2O/c13-12(14)10-5-9(15)1-2-11(10)16-4-3-8(6-16)7-17/h1-2,5,8,12,17H,3-4,6-7,15H2. The second-order valence-corrected chi connectivity index (χ2v) is 4.40. The summed E-state index contributed by atoms with van der Waals surface area (Å²) >= 11 is 0. The number of nitrogen functional groups attached to an aromatic ring is 1. The van der Waals surface area contributed by atoms with Crippen molar-refractivity contribution in [2.45, 2.75) is 12.8 Å². The van der Waals surface area contributed by atoms with Gasteiger partial charge in [-0.15, -0.1) is 0 Å². The molecule has 0 aromatic heterocycles. The van der Waals surface area contributed by atoms with Gasteiger partial charge in [-0.05, 0) is 24.6 Å². The van der Waals surface area contributed by atoms with E-state index in [1.54, 1.807) is 12.1 Å². The lowest BCUT2D eigenvalue weighted by Gasteiger charge is -2.22. The van der Waals surface area contributed by atoms with Crippen molar-refractivity contribution in [2.75, 3.05) is 30.3 Å². The molecule has 0 radical (unpaired) electrons. The Balaban J connectivity index is 2.26. The molecular weight excluding hydrogens is 226 g/mol. The van der Waals surface area contributed by atoms with Crippen molar-refractivity contribution >= 4 is 11.4 Å². The summed E-state index contributed by atoms with van der Waals surface area (Å²) in [5.74, 6) is 0.179. The van der Waals surface area contributed by atoms with Crippen LogP contribution in [0.1, 0.15) is 18.4 Å². The van der Waals surface area contributed by atoms with Crippen molar-refractivity contribution in [3.63, 3.8) is 0 Å². The van der Waals surface area contributed by atoms with Gasteiger partial charge in [-0.3, -0.25) is 0 Å². The molecule has 0 saturated carbocycles. The lowest BCUT2D eigenvalue weighted by atomic mass is 10.1. The number of nitrogens with zero attached hydrogens (tertiary/aromatic N) is 1. The van der Waals surface area contributed by atoms with Crippen molar-refractivity contribution < 1.29 is 13.9 Å². The molecule has 1 unspecified atom stereocenters. The first-order valence-electron chi connectivity index (χ1n) is 5.65. The maximum Gasteiger partial charge on any atom is 0.265 e. The molecule has 1 aliphatic heterocycles. The third kappa shape index (κ3) is 2.49. The number of hydrogen-bond acceptors (Lipinski definition) is 3. The monoisotopic (exact) mass is 242 g/mol. The highest BCUT2D eigenvalue weighted by Crippen LogP contribution is 2.34. The second-order valence-electron chi connectivity index (χ2n) is 4.40. The zero-order chi connectivity index (χ0) is 12.4. The minimum absolute atomic E-state index is 0.0245. The van der Waals surface area contributed by atoms with Crippen LogP contribution in [0.2, 0.25) is 0 Å². The molecule has 2 rings (SSSR count). The van der Waals surface area contributed by atoms with Gasteiger partial charge in [0.1, 0.15) is 0 Å². The van der Waals surface area contributed by atoms with E-state index in [4.69, 9.17) is 10.8 Å². The molecule has 1 fully saturated rings. The number of aliphatic hydroxyl groups excluding tert-OH is 1. The number of nitrogens with two attached hydrogens (primary N) is 1. The first-order chi connectivity index (χ1) is 8.11. The fraction of sp³-hybridized carbons (Fsp3) is 0.500. The third-order valence-corrected chi connectivity index (χ3v) is 3.17. The van der Waals surface area contributed by atoms with E-state index in [0.29, 0.717) is 24.5 Å². The van der Waals surface area contributed by atoms with Crippen LogP contribution >= 0.6 is 0 Å².